The Morgan fingerprint density at radius 1 is 1.15 bits per heavy atom. The van der Waals surface area contributed by atoms with Crippen molar-refractivity contribution in [2.24, 2.45) is 5.92 Å². The largest absolute Gasteiger partial charge is 0.493 e. The van der Waals surface area contributed by atoms with Gasteiger partial charge in [0.2, 0.25) is 17.6 Å². The average molecular weight is 460 g/mol. The van der Waals surface area contributed by atoms with Crippen LogP contribution in [0.2, 0.25) is 0 Å². The number of ether oxygens (including phenoxy) is 3. The van der Waals surface area contributed by atoms with Crippen LogP contribution in [0, 0.1) is 11.7 Å². The molecular formula is C24H30FN3O5. The molecule has 2 aromatic carbocycles. The summed E-state index contributed by atoms with van der Waals surface area (Å²) in [7, 11) is 8.25. The molecule has 0 radical (unpaired) electrons. The van der Waals surface area contributed by atoms with Crippen LogP contribution in [0.1, 0.15) is 18.0 Å². The Bertz CT molecular complexity index is 988. The molecule has 1 heterocycles. The number of carbonyl (C=O) groups is 2. The van der Waals surface area contributed by atoms with E-state index >= 15 is 0 Å². The maximum atomic E-state index is 13.7. The number of nitrogens with one attached hydrogen (secondary N) is 1. The number of methoxy groups -OCH3 is 3. The molecule has 1 saturated heterocycles. The van der Waals surface area contributed by atoms with Crippen molar-refractivity contribution in [1.82, 2.24) is 10.2 Å². The maximum absolute atomic E-state index is 13.7. The SMILES string of the molecule is COc1cc(N2C[C@@H](C(=O)NC[C@H](c3cccc(F)c3)N(C)C)CC2=O)cc(OC)c1OC. The van der Waals surface area contributed by atoms with E-state index in [4.69, 9.17) is 14.2 Å². The minimum atomic E-state index is -0.507. The third kappa shape index (κ3) is 5.36. The molecule has 2 amide bonds. The number of rotatable bonds is 9. The van der Waals surface area contributed by atoms with Crippen molar-refractivity contribution in [3.8, 4) is 17.2 Å². The van der Waals surface area contributed by atoms with E-state index in [2.05, 4.69) is 5.32 Å². The molecule has 1 aliphatic heterocycles. The predicted molar refractivity (Wildman–Crippen MR) is 122 cm³/mol. The number of anilines is 1. The van der Waals surface area contributed by atoms with Crippen LogP contribution in [-0.2, 0) is 9.59 Å². The van der Waals surface area contributed by atoms with Gasteiger partial charge < -0.3 is 29.3 Å². The third-order valence-electron chi connectivity index (χ3n) is 5.78. The molecule has 0 spiro atoms. The standard InChI is InChI=1S/C24H30FN3O5/c1-27(2)19(15-7-6-8-17(25)9-15)13-26-24(30)16-10-22(29)28(14-16)18-11-20(31-3)23(33-5)21(12-18)32-4/h6-9,11-12,16,19H,10,13-14H2,1-5H3,(H,26,30)/t16-,19+/m0/s1. The molecule has 9 heteroatoms. The Labute approximate surface area is 193 Å². The molecule has 1 aliphatic rings. The Morgan fingerprint density at radius 3 is 2.36 bits per heavy atom. The molecule has 2 atom stereocenters. The number of hydrogen-bond donors (Lipinski definition) is 1. The van der Waals surface area contributed by atoms with Crippen LogP contribution in [0.4, 0.5) is 10.1 Å². The summed E-state index contributed by atoms with van der Waals surface area (Å²) in [6, 6.07) is 9.49. The average Bonchev–Trinajstić information content (AvgIpc) is 3.19. The fourth-order valence-corrected chi connectivity index (χ4v) is 4.01. The van der Waals surface area contributed by atoms with Crippen LogP contribution in [0.15, 0.2) is 36.4 Å². The van der Waals surface area contributed by atoms with Gasteiger partial charge in [-0.05, 0) is 31.8 Å². The second-order valence-corrected chi connectivity index (χ2v) is 8.07. The lowest BCUT2D eigenvalue weighted by molar-refractivity contribution is -0.126. The lowest BCUT2D eigenvalue weighted by Gasteiger charge is -2.26. The molecule has 0 aliphatic carbocycles. The second kappa shape index (κ2) is 10.5. The molecule has 178 valence electrons. The lowest BCUT2D eigenvalue weighted by atomic mass is 10.0. The van der Waals surface area contributed by atoms with Crippen molar-refractivity contribution in [3.63, 3.8) is 0 Å². The number of likely N-dealkylation sites (N-methyl/N-ethyl adjacent to an activating group) is 1. The van der Waals surface area contributed by atoms with Crippen LogP contribution in [0.25, 0.3) is 0 Å². The van der Waals surface area contributed by atoms with E-state index in [1.54, 1.807) is 23.1 Å². The molecule has 0 saturated carbocycles. The molecule has 2 aromatic rings. The number of nitrogens with zero attached hydrogens (tertiary/aromatic N) is 2. The van der Waals surface area contributed by atoms with Crippen LogP contribution >= 0.6 is 0 Å². The topological polar surface area (TPSA) is 80.3 Å². The molecule has 3 rings (SSSR count). The number of benzene rings is 2. The highest BCUT2D eigenvalue weighted by Gasteiger charge is 2.36. The van der Waals surface area contributed by atoms with E-state index in [1.807, 2.05) is 25.1 Å². The second-order valence-electron chi connectivity index (χ2n) is 8.07. The number of carbonyl (C=O) groups excluding carboxylic acids is 2. The van der Waals surface area contributed by atoms with Gasteiger partial charge in [0.15, 0.2) is 11.5 Å². The quantitative estimate of drug-likeness (QED) is 0.621. The van der Waals surface area contributed by atoms with Gasteiger partial charge in [0.25, 0.3) is 0 Å². The van der Waals surface area contributed by atoms with E-state index in [0.717, 1.165) is 5.56 Å². The van der Waals surface area contributed by atoms with Crippen LogP contribution in [0.3, 0.4) is 0 Å². The maximum Gasteiger partial charge on any atom is 0.227 e. The van der Waals surface area contributed by atoms with E-state index in [-0.39, 0.29) is 36.6 Å². The highest BCUT2D eigenvalue weighted by atomic mass is 19.1. The molecule has 1 fully saturated rings. The van der Waals surface area contributed by atoms with Crippen molar-refractivity contribution in [3.05, 3.63) is 47.8 Å². The molecule has 0 bridgehead atoms. The van der Waals surface area contributed by atoms with E-state index < -0.39 is 5.92 Å². The molecule has 33 heavy (non-hydrogen) atoms. The van der Waals surface area contributed by atoms with Gasteiger partial charge in [-0.1, -0.05) is 12.1 Å². The summed E-state index contributed by atoms with van der Waals surface area (Å²) in [5.41, 5.74) is 1.33. The smallest absolute Gasteiger partial charge is 0.227 e. The van der Waals surface area contributed by atoms with Gasteiger partial charge in [0.1, 0.15) is 5.82 Å². The first-order valence-corrected chi connectivity index (χ1v) is 10.6. The van der Waals surface area contributed by atoms with Gasteiger partial charge >= 0.3 is 0 Å². The van der Waals surface area contributed by atoms with Gasteiger partial charge in [0.05, 0.1) is 39.0 Å². The zero-order chi connectivity index (χ0) is 24.1. The zero-order valence-corrected chi connectivity index (χ0v) is 19.6. The van der Waals surface area contributed by atoms with Gasteiger partial charge in [-0.3, -0.25) is 9.59 Å². The van der Waals surface area contributed by atoms with E-state index in [9.17, 15) is 14.0 Å². The molecule has 8 nitrogen and oxygen atoms in total. The van der Waals surface area contributed by atoms with Crippen LogP contribution in [-0.4, -0.2) is 65.2 Å². The summed E-state index contributed by atoms with van der Waals surface area (Å²) in [6.45, 7) is 0.528. The summed E-state index contributed by atoms with van der Waals surface area (Å²) < 4.78 is 29.7. The first-order valence-electron chi connectivity index (χ1n) is 10.6. The number of halogens is 1. The van der Waals surface area contributed by atoms with Crippen LogP contribution < -0.4 is 24.4 Å². The van der Waals surface area contributed by atoms with Crippen LogP contribution in [0.5, 0.6) is 17.2 Å². The summed E-state index contributed by atoms with van der Waals surface area (Å²) in [4.78, 5) is 29.1. The monoisotopic (exact) mass is 459 g/mol. The Balaban J connectivity index is 1.71. The lowest BCUT2D eigenvalue weighted by Crippen LogP contribution is -2.38. The number of hydrogen-bond acceptors (Lipinski definition) is 6. The van der Waals surface area contributed by atoms with E-state index in [0.29, 0.717) is 29.5 Å². The van der Waals surface area contributed by atoms with Crippen molar-refractivity contribution in [2.75, 3.05) is 53.4 Å². The third-order valence-corrected chi connectivity index (χ3v) is 5.78. The molecule has 1 N–H and O–H groups in total. The Kier molecular flexibility index (Phi) is 7.75. The molecule has 0 aromatic heterocycles. The number of amides is 2. The normalized spacial score (nSPS) is 16.6. The Morgan fingerprint density at radius 2 is 1.82 bits per heavy atom. The zero-order valence-electron chi connectivity index (χ0n) is 19.6. The summed E-state index contributed by atoms with van der Waals surface area (Å²) in [5.74, 6) is 0.0601. The van der Waals surface area contributed by atoms with Gasteiger partial charge in [-0.2, -0.15) is 0 Å². The van der Waals surface area contributed by atoms with Crippen molar-refractivity contribution < 1.29 is 28.2 Å². The Hall–Kier alpha value is -3.33. The summed E-state index contributed by atoms with van der Waals surface area (Å²) in [6.07, 6.45) is 0.0924. The van der Waals surface area contributed by atoms with Gasteiger partial charge in [0, 0.05) is 31.6 Å². The summed E-state index contributed by atoms with van der Waals surface area (Å²) >= 11 is 0. The highest BCUT2D eigenvalue weighted by molar-refractivity contribution is 6.00. The van der Waals surface area contributed by atoms with Gasteiger partial charge in [-0.15, -0.1) is 0 Å². The van der Waals surface area contributed by atoms with E-state index in [1.165, 1.54) is 33.5 Å². The predicted octanol–water partition coefficient (Wildman–Crippen LogP) is 2.62. The fourth-order valence-electron chi connectivity index (χ4n) is 4.01. The minimum absolute atomic E-state index is 0.0924. The molecule has 0 unspecified atom stereocenters. The van der Waals surface area contributed by atoms with Gasteiger partial charge in [-0.25, -0.2) is 4.39 Å². The van der Waals surface area contributed by atoms with Crippen molar-refractivity contribution in [1.29, 1.82) is 0 Å². The fraction of sp³-hybridized carbons (Fsp3) is 0.417. The minimum Gasteiger partial charge on any atom is -0.493 e. The van der Waals surface area contributed by atoms with Crippen molar-refractivity contribution >= 4 is 17.5 Å². The summed E-state index contributed by atoms with van der Waals surface area (Å²) in [5, 5.41) is 2.93. The highest BCUT2D eigenvalue weighted by Crippen LogP contribution is 2.42. The first-order chi connectivity index (χ1) is 15.8. The molecular weight excluding hydrogens is 429 g/mol. The van der Waals surface area contributed by atoms with Crippen molar-refractivity contribution in [2.45, 2.75) is 12.5 Å². The first kappa shape index (κ1) is 24.3.